The summed E-state index contributed by atoms with van der Waals surface area (Å²) in [5.41, 5.74) is 2.76. The van der Waals surface area contributed by atoms with Gasteiger partial charge in [-0.25, -0.2) is 0 Å². The van der Waals surface area contributed by atoms with Gasteiger partial charge in [-0.3, -0.25) is 0 Å². The van der Waals surface area contributed by atoms with E-state index < -0.39 is 0 Å². The molecule has 0 unspecified atom stereocenters. The van der Waals surface area contributed by atoms with Crippen LogP contribution in [0.4, 0.5) is 0 Å². The van der Waals surface area contributed by atoms with Gasteiger partial charge in [-0.05, 0) is 39.3 Å². The Morgan fingerprint density at radius 2 is 1.33 bits per heavy atom. The first-order valence-corrected chi connectivity index (χ1v) is 6.44. The number of ether oxygens (including phenoxy) is 1. The van der Waals surface area contributed by atoms with E-state index in [0.29, 0.717) is 0 Å². The Bertz CT molecular complexity index is 483. The SMILES string of the molecule is C=c1c(C(C)(C)C)cc(=COC)cc1C(C)(C)C. The van der Waals surface area contributed by atoms with E-state index in [9.17, 15) is 0 Å². The highest BCUT2D eigenvalue weighted by molar-refractivity contribution is 5.39. The summed E-state index contributed by atoms with van der Waals surface area (Å²) in [5.74, 6) is 0. The van der Waals surface area contributed by atoms with Gasteiger partial charge in [0.25, 0.3) is 0 Å². The molecule has 0 atom stereocenters. The van der Waals surface area contributed by atoms with Crippen molar-refractivity contribution in [2.45, 2.75) is 52.4 Å². The van der Waals surface area contributed by atoms with Crippen molar-refractivity contribution in [3.8, 4) is 0 Å². The predicted octanol–water partition coefficient (Wildman–Crippen LogP) is 3.08. The minimum Gasteiger partial charge on any atom is -0.504 e. The molecule has 0 spiro atoms. The van der Waals surface area contributed by atoms with Crippen LogP contribution in [-0.4, -0.2) is 7.11 Å². The molecular weight excluding hydrogens is 220 g/mol. The molecule has 0 radical (unpaired) electrons. The Morgan fingerprint density at radius 1 is 0.944 bits per heavy atom. The van der Waals surface area contributed by atoms with Crippen LogP contribution >= 0.6 is 0 Å². The number of methoxy groups -OCH3 is 1. The van der Waals surface area contributed by atoms with Crippen LogP contribution in [0.2, 0.25) is 0 Å². The second-order valence-electron chi connectivity index (χ2n) is 6.95. The maximum Gasteiger partial charge on any atom is 0.0897 e. The minimum absolute atomic E-state index is 0.0919. The maximum atomic E-state index is 5.16. The van der Waals surface area contributed by atoms with Crippen molar-refractivity contribution in [3.05, 3.63) is 33.7 Å². The van der Waals surface area contributed by atoms with Gasteiger partial charge >= 0.3 is 0 Å². The second kappa shape index (κ2) is 4.79. The van der Waals surface area contributed by atoms with Crippen molar-refractivity contribution in [1.82, 2.24) is 0 Å². The molecule has 1 aromatic rings. The predicted molar refractivity (Wildman–Crippen MR) is 80.1 cm³/mol. The van der Waals surface area contributed by atoms with Gasteiger partial charge in [0, 0.05) is 5.22 Å². The van der Waals surface area contributed by atoms with Gasteiger partial charge in [0.1, 0.15) is 0 Å². The molecule has 0 heterocycles. The molecule has 18 heavy (non-hydrogen) atoms. The molecule has 0 saturated heterocycles. The van der Waals surface area contributed by atoms with Gasteiger partial charge in [0.05, 0.1) is 13.4 Å². The minimum atomic E-state index is 0.0919. The van der Waals surface area contributed by atoms with E-state index in [1.54, 1.807) is 13.4 Å². The third-order valence-corrected chi connectivity index (χ3v) is 3.14. The zero-order valence-electron chi connectivity index (χ0n) is 12.8. The third kappa shape index (κ3) is 3.16. The lowest BCUT2D eigenvalue weighted by Gasteiger charge is -2.26. The van der Waals surface area contributed by atoms with E-state index in [-0.39, 0.29) is 10.8 Å². The Kier molecular flexibility index (Phi) is 3.95. The fourth-order valence-electron chi connectivity index (χ4n) is 2.24. The van der Waals surface area contributed by atoms with Crippen LogP contribution in [0.3, 0.4) is 0 Å². The van der Waals surface area contributed by atoms with Crippen molar-refractivity contribution in [1.29, 1.82) is 0 Å². The Hall–Kier alpha value is -1.24. The smallest absolute Gasteiger partial charge is 0.0897 e. The molecule has 100 valence electrons. The Balaban J connectivity index is 3.71. The quantitative estimate of drug-likeness (QED) is 0.740. The van der Waals surface area contributed by atoms with Gasteiger partial charge in [-0.15, -0.1) is 0 Å². The van der Waals surface area contributed by atoms with Gasteiger partial charge in [-0.1, -0.05) is 48.1 Å². The lowest BCUT2D eigenvalue weighted by molar-refractivity contribution is 0.391. The summed E-state index contributed by atoms with van der Waals surface area (Å²) in [4.78, 5) is 0. The molecule has 1 nitrogen and oxygen atoms in total. The van der Waals surface area contributed by atoms with E-state index in [1.165, 1.54) is 11.1 Å². The number of hydrogen-bond acceptors (Lipinski definition) is 1. The summed E-state index contributed by atoms with van der Waals surface area (Å²) in [7, 11) is 1.69. The van der Waals surface area contributed by atoms with Gasteiger partial charge in [0.15, 0.2) is 0 Å². The number of hydrogen-bond donors (Lipinski definition) is 0. The van der Waals surface area contributed by atoms with Crippen molar-refractivity contribution in [3.63, 3.8) is 0 Å². The molecule has 0 saturated carbocycles. The Labute approximate surface area is 111 Å². The third-order valence-electron chi connectivity index (χ3n) is 3.14. The topological polar surface area (TPSA) is 9.23 Å². The highest BCUT2D eigenvalue weighted by Crippen LogP contribution is 2.22. The first-order valence-electron chi connectivity index (χ1n) is 6.44. The molecular formula is C17H26O. The second-order valence-corrected chi connectivity index (χ2v) is 6.95. The molecule has 0 aromatic heterocycles. The van der Waals surface area contributed by atoms with Crippen LogP contribution in [-0.2, 0) is 15.6 Å². The van der Waals surface area contributed by atoms with Gasteiger partial charge < -0.3 is 4.74 Å². The van der Waals surface area contributed by atoms with Crippen LogP contribution in [0.5, 0.6) is 0 Å². The molecule has 1 heteroatoms. The summed E-state index contributed by atoms with van der Waals surface area (Å²) in [6.07, 6.45) is 1.80. The highest BCUT2D eigenvalue weighted by Gasteiger charge is 2.21. The fourth-order valence-corrected chi connectivity index (χ4v) is 2.24. The lowest BCUT2D eigenvalue weighted by atomic mass is 9.78. The van der Waals surface area contributed by atoms with E-state index in [0.717, 1.165) is 10.4 Å². The van der Waals surface area contributed by atoms with E-state index in [2.05, 4.69) is 60.3 Å². The summed E-state index contributed by atoms with van der Waals surface area (Å²) in [5, 5.41) is 2.27. The van der Waals surface area contributed by atoms with Crippen LogP contribution < -0.4 is 10.4 Å². The Morgan fingerprint density at radius 3 is 1.61 bits per heavy atom. The molecule has 0 bridgehead atoms. The van der Waals surface area contributed by atoms with Crippen LogP contribution in [0.15, 0.2) is 12.1 Å². The molecule has 0 fully saturated rings. The first-order chi connectivity index (χ1) is 8.07. The highest BCUT2D eigenvalue weighted by atomic mass is 16.5. The normalized spacial score (nSPS) is 12.4. The monoisotopic (exact) mass is 246 g/mol. The van der Waals surface area contributed by atoms with Crippen molar-refractivity contribution < 1.29 is 4.74 Å². The fraction of sp³-hybridized carbons (Fsp3) is 0.529. The standard InChI is InChI=1S/C17H26O/c1-12-14(16(2,3)4)9-13(11-18-8)10-15(12)17(5,6)7/h9-11H,1H2,2-8H3. The average molecular weight is 246 g/mol. The zero-order valence-corrected chi connectivity index (χ0v) is 12.8. The summed E-state index contributed by atoms with van der Waals surface area (Å²) in [6, 6.07) is 4.36. The maximum absolute atomic E-state index is 5.16. The van der Waals surface area contributed by atoms with Crippen molar-refractivity contribution in [2.24, 2.45) is 0 Å². The zero-order chi connectivity index (χ0) is 14.1. The van der Waals surface area contributed by atoms with Crippen molar-refractivity contribution >= 4 is 12.8 Å². The molecule has 1 aromatic carbocycles. The first kappa shape index (κ1) is 14.8. The molecule has 0 amide bonds. The van der Waals surface area contributed by atoms with Gasteiger partial charge in [-0.2, -0.15) is 0 Å². The largest absolute Gasteiger partial charge is 0.504 e. The lowest BCUT2D eigenvalue weighted by Crippen LogP contribution is -2.33. The molecule has 0 aliphatic carbocycles. The van der Waals surface area contributed by atoms with E-state index in [4.69, 9.17) is 4.74 Å². The van der Waals surface area contributed by atoms with Crippen LogP contribution in [0.25, 0.3) is 12.8 Å². The van der Waals surface area contributed by atoms with E-state index in [1.807, 2.05) is 0 Å². The average Bonchev–Trinajstić information content (AvgIpc) is 2.17. The molecule has 0 N–H and O–H groups in total. The summed E-state index contributed by atoms with van der Waals surface area (Å²) in [6.45, 7) is 17.6. The number of benzene rings is 1. The van der Waals surface area contributed by atoms with Crippen LogP contribution in [0, 0.1) is 0 Å². The molecule has 0 aliphatic rings. The molecule has 1 rings (SSSR count). The van der Waals surface area contributed by atoms with E-state index >= 15 is 0 Å². The van der Waals surface area contributed by atoms with Gasteiger partial charge in [0.2, 0.25) is 0 Å². The molecule has 0 aliphatic heterocycles. The summed E-state index contributed by atoms with van der Waals surface area (Å²) >= 11 is 0. The van der Waals surface area contributed by atoms with Crippen LogP contribution in [0.1, 0.15) is 52.7 Å². The number of rotatable bonds is 1. The van der Waals surface area contributed by atoms with Crippen molar-refractivity contribution in [2.75, 3.05) is 7.11 Å². The summed E-state index contributed by atoms with van der Waals surface area (Å²) < 4.78 is 5.16.